The van der Waals surface area contributed by atoms with Crippen molar-refractivity contribution in [2.75, 3.05) is 13.1 Å². The summed E-state index contributed by atoms with van der Waals surface area (Å²) < 4.78 is 0. The number of carboxylic acids is 1. The summed E-state index contributed by atoms with van der Waals surface area (Å²) >= 11 is 0. The SMILES string of the molecule is CCN1CC(C)(C)NC(CC(=O)O)C1=O. The van der Waals surface area contributed by atoms with E-state index in [-0.39, 0.29) is 17.9 Å². The molecule has 5 heteroatoms. The Morgan fingerprint density at radius 2 is 2.27 bits per heavy atom. The number of nitrogens with one attached hydrogen (secondary N) is 1. The van der Waals surface area contributed by atoms with Gasteiger partial charge in [0.1, 0.15) is 0 Å². The highest BCUT2D eigenvalue weighted by Crippen LogP contribution is 2.16. The topological polar surface area (TPSA) is 69.6 Å². The van der Waals surface area contributed by atoms with Crippen LogP contribution in [0.3, 0.4) is 0 Å². The first-order valence-corrected chi connectivity index (χ1v) is 5.14. The molecule has 0 spiro atoms. The summed E-state index contributed by atoms with van der Waals surface area (Å²) in [5.41, 5.74) is -0.218. The Morgan fingerprint density at radius 3 is 2.73 bits per heavy atom. The van der Waals surface area contributed by atoms with Gasteiger partial charge in [-0.2, -0.15) is 0 Å². The number of carbonyl (C=O) groups is 2. The fraction of sp³-hybridized carbons (Fsp3) is 0.800. The van der Waals surface area contributed by atoms with Gasteiger partial charge in [0.15, 0.2) is 0 Å². The van der Waals surface area contributed by atoms with Gasteiger partial charge in [-0.3, -0.25) is 14.9 Å². The van der Waals surface area contributed by atoms with Crippen LogP contribution in [0.4, 0.5) is 0 Å². The largest absolute Gasteiger partial charge is 0.481 e. The quantitative estimate of drug-likeness (QED) is 0.697. The molecular weight excluding hydrogens is 196 g/mol. The van der Waals surface area contributed by atoms with Crippen molar-refractivity contribution >= 4 is 11.9 Å². The van der Waals surface area contributed by atoms with Gasteiger partial charge >= 0.3 is 5.97 Å². The van der Waals surface area contributed by atoms with Crippen molar-refractivity contribution in [2.24, 2.45) is 0 Å². The number of likely N-dealkylation sites (N-methyl/N-ethyl adjacent to an activating group) is 1. The van der Waals surface area contributed by atoms with E-state index >= 15 is 0 Å². The van der Waals surface area contributed by atoms with Crippen molar-refractivity contribution in [1.82, 2.24) is 10.2 Å². The Kier molecular flexibility index (Phi) is 3.34. The predicted octanol–water partition coefficient (Wildman–Crippen LogP) is 0.0600. The Labute approximate surface area is 89.4 Å². The van der Waals surface area contributed by atoms with E-state index in [2.05, 4.69) is 5.32 Å². The maximum Gasteiger partial charge on any atom is 0.305 e. The molecule has 1 aliphatic heterocycles. The summed E-state index contributed by atoms with van der Waals surface area (Å²) in [6.45, 7) is 7.09. The van der Waals surface area contributed by atoms with E-state index < -0.39 is 12.0 Å². The molecule has 2 N–H and O–H groups in total. The lowest BCUT2D eigenvalue weighted by molar-refractivity contribution is -0.145. The Bertz CT molecular complexity index is 276. The normalized spacial score (nSPS) is 25.4. The van der Waals surface area contributed by atoms with Crippen molar-refractivity contribution in [2.45, 2.75) is 38.8 Å². The monoisotopic (exact) mass is 214 g/mol. The molecule has 0 aliphatic carbocycles. The second-order valence-corrected chi connectivity index (χ2v) is 4.53. The van der Waals surface area contributed by atoms with Crippen LogP contribution in [0.5, 0.6) is 0 Å². The summed E-state index contributed by atoms with van der Waals surface area (Å²) in [6.07, 6.45) is -0.154. The minimum atomic E-state index is -0.949. The highest BCUT2D eigenvalue weighted by Gasteiger charge is 2.37. The lowest BCUT2D eigenvalue weighted by Gasteiger charge is -2.42. The highest BCUT2D eigenvalue weighted by molar-refractivity contribution is 5.87. The smallest absolute Gasteiger partial charge is 0.305 e. The van der Waals surface area contributed by atoms with Crippen LogP contribution in [0.1, 0.15) is 27.2 Å². The average molecular weight is 214 g/mol. The van der Waals surface area contributed by atoms with Crippen LogP contribution >= 0.6 is 0 Å². The third kappa shape index (κ3) is 2.92. The first kappa shape index (κ1) is 12.0. The second kappa shape index (κ2) is 4.18. The highest BCUT2D eigenvalue weighted by atomic mass is 16.4. The van der Waals surface area contributed by atoms with Crippen LogP contribution in [-0.4, -0.2) is 46.6 Å². The summed E-state index contributed by atoms with van der Waals surface area (Å²) in [6, 6.07) is -0.591. The van der Waals surface area contributed by atoms with Crippen molar-refractivity contribution in [3.05, 3.63) is 0 Å². The maximum atomic E-state index is 11.8. The van der Waals surface area contributed by atoms with Gasteiger partial charge in [-0.15, -0.1) is 0 Å². The Morgan fingerprint density at radius 1 is 1.67 bits per heavy atom. The molecule has 1 atom stereocenters. The summed E-state index contributed by atoms with van der Waals surface area (Å²) in [5, 5.41) is 11.8. The molecule has 0 aromatic carbocycles. The van der Waals surface area contributed by atoms with Gasteiger partial charge in [-0.1, -0.05) is 0 Å². The number of carbonyl (C=O) groups excluding carboxylic acids is 1. The molecule has 0 radical (unpaired) electrons. The summed E-state index contributed by atoms with van der Waals surface area (Å²) in [7, 11) is 0. The molecule has 0 bridgehead atoms. The minimum absolute atomic E-state index is 0.112. The number of hydrogen-bond donors (Lipinski definition) is 2. The molecule has 1 saturated heterocycles. The molecule has 0 saturated carbocycles. The van der Waals surface area contributed by atoms with E-state index in [0.717, 1.165) is 0 Å². The van der Waals surface area contributed by atoms with Crippen LogP contribution in [-0.2, 0) is 9.59 Å². The lowest BCUT2D eigenvalue weighted by atomic mass is 9.96. The van der Waals surface area contributed by atoms with Crippen LogP contribution in [0.15, 0.2) is 0 Å². The molecule has 1 rings (SSSR count). The first-order valence-electron chi connectivity index (χ1n) is 5.14. The average Bonchev–Trinajstić information content (AvgIpc) is 2.09. The van der Waals surface area contributed by atoms with Gasteiger partial charge in [0.05, 0.1) is 12.5 Å². The molecule has 5 nitrogen and oxygen atoms in total. The first-order chi connectivity index (χ1) is 6.85. The standard InChI is InChI=1S/C10H18N2O3/c1-4-12-6-10(2,3)11-7(9(12)15)5-8(13)14/h7,11H,4-6H2,1-3H3,(H,13,14). The fourth-order valence-electron chi connectivity index (χ4n) is 1.94. The van der Waals surface area contributed by atoms with E-state index in [1.807, 2.05) is 20.8 Å². The minimum Gasteiger partial charge on any atom is -0.481 e. The van der Waals surface area contributed by atoms with Gasteiger partial charge in [0.25, 0.3) is 0 Å². The van der Waals surface area contributed by atoms with Crippen LogP contribution in [0, 0.1) is 0 Å². The predicted molar refractivity (Wildman–Crippen MR) is 55.5 cm³/mol. The third-order valence-corrected chi connectivity index (χ3v) is 2.52. The second-order valence-electron chi connectivity index (χ2n) is 4.53. The Balaban J connectivity index is 2.77. The zero-order valence-electron chi connectivity index (χ0n) is 9.41. The van der Waals surface area contributed by atoms with Crippen LogP contribution in [0.2, 0.25) is 0 Å². The van der Waals surface area contributed by atoms with Crippen LogP contribution in [0.25, 0.3) is 0 Å². The molecule has 86 valence electrons. The van der Waals surface area contributed by atoms with Crippen LogP contribution < -0.4 is 5.32 Å². The van der Waals surface area contributed by atoms with Gasteiger partial charge in [0, 0.05) is 18.6 Å². The molecule has 1 amide bonds. The number of nitrogens with zero attached hydrogens (tertiary/aromatic N) is 1. The van der Waals surface area contributed by atoms with Crippen molar-refractivity contribution in [3.8, 4) is 0 Å². The summed E-state index contributed by atoms with van der Waals surface area (Å²) in [5.74, 6) is -1.06. The molecule has 1 heterocycles. The number of aliphatic carboxylic acids is 1. The van der Waals surface area contributed by atoms with Crippen molar-refractivity contribution < 1.29 is 14.7 Å². The summed E-state index contributed by atoms with van der Waals surface area (Å²) in [4.78, 5) is 24.1. The van der Waals surface area contributed by atoms with E-state index in [1.165, 1.54) is 0 Å². The fourth-order valence-corrected chi connectivity index (χ4v) is 1.94. The zero-order chi connectivity index (χ0) is 11.6. The Hall–Kier alpha value is -1.10. The van der Waals surface area contributed by atoms with Gasteiger partial charge in [-0.25, -0.2) is 0 Å². The molecular formula is C10H18N2O3. The molecule has 1 aliphatic rings. The van der Waals surface area contributed by atoms with Gasteiger partial charge < -0.3 is 10.0 Å². The van der Waals surface area contributed by atoms with E-state index in [0.29, 0.717) is 13.1 Å². The van der Waals surface area contributed by atoms with Crippen molar-refractivity contribution in [1.29, 1.82) is 0 Å². The molecule has 1 unspecified atom stereocenters. The maximum absolute atomic E-state index is 11.8. The molecule has 1 fully saturated rings. The zero-order valence-corrected chi connectivity index (χ0v) is 9.41. The van der Waals surface area contributed by atoms with Gasteiger partial charge in [-0.05, 0) is 20.8 Å². The van der Waals surface area contributed by atoms with E-state index in [9.17, 15) is 9.59 Å². The number of amides is 1. The molecule has 15 heavy (non-hydrogen) atoms. The van der Waals surface area contributed by atoms with E-state index in [4.69, 9.17) is 5.11 Å². The molecule has 0 aromatic rings. The molecule has 0 aromatic heterocycles. The van der Waals surface area contributed by atoms with Gasteiger partial charge in [0.2, 0.25) is 5.91 Å². The van der Waals surface area contributed by atoms with Crippen molar-refractivity contribution in [3.63, 3.8) is 0 Å². The van der Waals surface area contributed by atoms with E-state index in [1.54, 1.807) is 4.90 Å². The number of carboxylic acid groups (broad SMARTS) is 1. The lowest BCUT2D eigenvalue weighted by Crippen LogP contribution is -2.65. The number of hydrogen-bond acceptors (Lipinski definition) is 3. The number of rotatable bonds is 3. The third-order valence-electron chi connectivity index (χ3n) is 2.52. The number of piperazine rings is 1.